The highest BCUT2D eigenvalue weighted by Crippen LogP contribution is 2.55. The zero-order chi connectivity index (χ0) is 30.1. The van der Waals surface area contributed by atoms with Crippen LogP contribution in [0.4, 0.5) is 13.6 Å². The molecule has 0 radical (unpaired) electrons. The van der Waals surface area contributed by atoms with Crippen molar-refractivity contribution in [2.24, 2.45) is 5.41 Å². The molecule has 2 amide bonds. The largest absolute Gasteiger partial charge is 0.465 e. The Balaban J connectivity index is 1.92. The highest BCUT2D eigenvalue weighted by molar-refractivity contribution is 9.10. The van der Waals surface area contributed by atoms with Gasteiger partial charge in [0, 0.05) is 32.7 Å². The first-order valence-corrected chi connectivity index (χ1v) is 14.1. The quantitative estimate of drug-likeness (QED) is 0.308. The number of amides is 2. The Kier molecular flexibility index (Phi) is 8.89. The molecule has 1 unspecified atom stereocenters. The molecule has 0 spiro atoms. The highest BCUT2D eigenvalue weighted by atomic mass is 79.9. The number of aromatic nitrogens is 1. The Bertz CT molecular complexity index is 1440. The zero-order valence-corrected chi connectivity index (χ0v) is 25.2. The van der Waals surface area contributed by atoms with Gasteiger partial charge in [-0.2, -0.15) is 0 Å². The molecule has 4 rings (SSSR count). The Labute approximate surface area is 246 Å². The number of methoxy groups -OCH3 is 1. The zero-order valence-electron chi connectivity index (χ0n) is 23.6. The number of carbonyl (C=O) groups is 2. The van der Waals surface area contributed by atoms with Gasteiger partial charge in [-0.1, -0.05) is 56.3 Å². The fourth-order valence-corrected chi connectivity index (χ4v) is 6.59. The summed E-state index contributed by atoms with van der Waals surface area (Å²) in [6.45, 7) is 7.75. The summed E-state index contributed by atoms with van der Waals surface area (Å²) >= 11 is 3.70. The first-order chi connectivity index (χ1) is 19.3. The minimum atomic E-state index is -1.26. The lowest BCUT2D eigenvalue weighted by molar-refractivity contribution is -0.118. The van der Waals surface area contributed by atoms with E-state index in [-0.39, 0.29) is 18.9 Å². The van der Waals surface area contributed by atoms with Crippen LogP contribution in [-0.2, 0) is 21.6 Å². The Morgan fingerprint density at radius 1 is 1.22 bits per heavy atom. The minimum Gasteiger partial charge on any atom is -0.465 e. The smallest absolute Gasteiger partial charge is 0.407 e. The molecule has 1 aromatic heterocycles. The number of nitrogens with one attached hydrogen (secondary N) is 1. The fourth-order valence-electron chi connectivity index (χ4n) is 5.98. The molecule has 0 saturated carbocycles. The summed E-state index contributed by atoms with van der Waals surface area (Å²) in [5, 5.41) is 17.5. The summed E-state index contributed by atoms with van der Waals surface area (Å²) < 4.78 is 41.3. The van der Waals surface area contributed by atoms with Gasteiger partial charge < -0.3 is 24.6 Å². The molecule has 1 fully saturated rings. The highest BCUT2D eigenvalue weighted by Gasteiger charge is 2.57. The van der Waals surface area contributed by atoms with E-state index in [0.29, 0.717) is 34.5 Å². The van der Waals surface area contributed by atoms with Gasteiger partial charge in [0.15, 0.2) is 17.4 Å². The average Bonchev–Trinajstić information content (AvgIpc) is 3.29. The van der Waals surface area contributed by atoms with Crippen LogP contribution in [0.2, 0.25) is 0 Å². The van der Waals surface area contributed by atoms with Crippen LogP contribution in [0.1, 0.15) is 56.9 Å². The average molecular weight is 635 g/mol. The van der Waals surface area contributed by atoms with E-state index in [0.717, 1.165) is 23.3 Å². The summed E-state index contributed by atoms with van der Waals surface area (Å²) in [5.41, 5.74) is 0.536. The van der Waals surface area contributed by atoms with Gasteiger partial charge in [-0.3, -0.25) is 4.79 Å². The number of rotatable bonds is 7. The normalized spacial score (nSPS) is 21.1. The number of hydrogen-bond donors (Lipinski definition) is 2. The molecule has 2 aromatic carbocycles. The third-order valence-electron chi connectivity index (χ3n) is 7.77. The number of benzene rings is 2. The molecule has 2 N–H and O–H groups in total. The van der Waals surface area contributed by atoms with Crippen molar-refractivity contribution in [3.8, 4) is 11.3 Å². The SMILES string of the molecule is CO[C@]1(c2ccc(F)c(F)c2)CCN(C(=O)O)C(C(C)(C)C)[C@@H]1c1noc(-c2ccccc2CCNC(C)=O)c1Br. The third kappa shape index (κ3) is 5.88. The second-order valence-electron chi connectivity index (χ2n) is 11.3. The van der Waals surface area contributed by atoms with Crippen molar-refractivity contribution in [3.63, 3.8) is 0 Å². The molecule has 0 aliphatic carbocycles. The van der Waals surface area contributed by atoms with Crippen LogP contribution >= 0.6 is 15.9 Å². The summed E-state index contributed by atoms with van der Waals surface area (Å²) in [6, 6.07) is 10.5. The van der Waals surface area contributed by atoms with E-state index in [4.69, 9.17) is 9.26 Å². The summed E-state index contributed by atoms with van der Waals surface area (Å²) in [5.74, 6) is -2.51. The summed E-state index contributed by atoms with van der Waals surface area (Å²) in [7, 11) is 1.48. The Morgan fingerprint density at radius 3 is 2.54 bits per heavy atom. The monoisotopic (exact) mass is 633 g/mol. The molecule has 3 aromatic rings. The van der Waals surface area contributed by atoms with Crippen LogP contribution in [0.25, 0.3) is 11.3 Å². The van der Waals surface area contributed by atoms with Gasteiger partial charge in [0.2, 0.25) is 5.91 Å². The van der Waals surface area contributed by atoms with Gasteiger partial charge in [0.1, 0.15) is 11.3 Å². The maximum absolute atomic E-state index is 14.6. The van der Waals surface area contributed by atoms with Crippen molar-refractivity contribution in [2.45, 2.75) is 58.1 Å². The lowest BCUT2D eigenvalue weighted by Gasteiger charge is -2.54. The van der Waals surface area contributed by atoms with Crippen LogP contribution < -0.4 is 5.32 Å². The minimum absolute atomic E-state index is 0.106. The van der Waals surface area contributed by atoms with Crippen LogP contribution in [0.3, 0.4) is 0 Å². The van der Waals surface area contributed by atoms with E-state index in [1.54, 1.807) is 0 Å². The number of nitrogens with zero attached hydrogens (tertiary/aromatic N) is 2. The van der Waals surface area contributed by atoms with Crippen LogP contribution in [0.15, 0.2) is 51.5 Å². The predicted molar refractivity (Wildman–Crippen MR) is 152 cm³/mol. The van der Waals surface area contributed by atoms with Crippen molar-refractivity contribution < 1.29 is 32.7 Å². The van der Waals surface area contributed by atoms with Gasteiger partial charge in [0.25, 0.3) is 0 Å². The summed E-state index contributed by atoms with van der Waals surface area (Å²) in [6.07, 6.45) is -0.399. The fraction of sp³-hybridized carbons (Fsp3) is 0.433. The molecule has 220 valence electrons. The number of likely N-dealkylation sites (tertiary alicyclic amines) is 1. The topological polar surface area (TPSA) is 105 Å². The molecule has 1 saturated heterocycles. The van der Waals surface area contributed by atoms with Crippen molar-refractivity contribution in [1.82, 2.24) is 15.4 Å². The third-order valence-corrected chi connectivity index (χ3v) is 8.53. The van der Waals surface area contributed by atoms with Crippen molar-refractivity contribution in [3.05, 3.63) is 75.4 Å². The maximum Gasteiger partial charge on any atom is 0.407 e. The first kappa shape index (κ1) is 30.6. The lowest BCUT2D eigenvalue weighted by atomic mass is 9.63. The van der Waals surface area contributed by atoms with E-state index < -0.39 is 40.7 Å². The number of ether oxygens (including phenoxy) is 1. The number of hydrogen-bond acceptors (Lipinski definition) is 5. The van der Waals surface area contributed by atoms with Gasteiger partial charge in [0.05, 0.1) is 16.4 Å². The maximum atomic E-state index is 14.6. The molecule has 0 bridgehead atoms. The van der Waals surface area contributed by atoms with Gasteiger partial charge in [-0.25, -0.2) is 13.6 Å². The van der Waals surface area contributed by atoms with E-state index in [9.17, 15) is 23.5 Å². The van der Waals surface area contributed by atoms with E-state index in [1.165, 1.54) is 25.0 Å². The van der Waals surface area contributed by atoms with Crippen LogP contribution in [0.5, 0.6) is 0 Å². The van der Waals surface area contributed by atoms with E-state index >= 15 is 0 Å². The Morgan fingerprint density at radius 2 is 1.93 bits per heavy atom. The molecule has 2 heterocycles. The lowest BCUT2D eigenvalue weighted by Crippen LogP contribution is -2.61. The molecule has 1 aliphatic rings. The number of piperidine rings is 1. The first-order valence-electron chi connectivity index (χ1n) is 13.3. The molecule has 8 nitrogen and oxygen atoms in total. The van der Waals surface area contributed by atoms with Crippen molar-refractivity contribution >= 4 is 27.9 Å². The summed E-state index contributed by atoms with van der Waals surface area (Å²) in [4.78, 5) is 25.3. The van der Waals surface area contributed by atoms with Gasteiger partial charge >= 0.3 is 6.09 Å². The van der Waals surface area contributed by atoms with Gasteiger partial charge in [-0.15, -0.1) is 0 Å². The second kappa shape index (κ2) is 11.9. The number of carbonyl (C=O) groups excluding carboxylic acids is 1. The van der Waals surface area contributed by atoms with Gasteiger partial charge in [-0.05, 0) is 57.4 Å². The van der Waals surface area contributed by atoms with Crippen molar-refractivity contribution in [2.75, 3.05) is 20.2 Å². The molecule has 41 heavy (non-hydrogen) atoms. The van der Waals surface area contributed by atoms with E-state index in [2.05, 4.69) is 26.4 Å². The molecular weight excluding hydrogens is 600 g/mol. The van der Waals surface area contributed by atoms with Crippen LogP contribution in [-0.4, -0.2) is 53.4 Å². The van der Waals surface area contributed by atoms with Crippen molar-refractivity contribution in [1.29, 1.82) is 0 Å². The molecule has 3 atom stereocenters. The number of carboxylic acid groups (broad SMARTS) is 1. The molecule has 1 aliphatic heterocycles. The van der Waals surface area contributed by atoms with Crippen LogP contribution in [0, 0.1) is 17.0 Å². The standard InChI is InChI=1S/C30H34BrF2N3O5/c1-17(37)34-14-12-18-8-6-7-9-20(18)26-24(31)25(35-41-26)23-27(29(2,3)4)36(28(38)39)15-13-30(23,40-5)19-10-11-21(32)22(33)16-19/h6-11,16,23,27H,12-15H2,1-5H3,(H,34,37)(H,38,39)/t23-,27?,30-/m0/s1. The number of halogens is 3. The molecular formula is C30H34BrF2N3O5. The predicted octanol–water partition coefficient (Wildman–Crippen LogP) is 6.48. The Hall–Kier alpha value is -3.31. The van der Waals surface area contributed by atoms with E-state index in [1.807, 2.05) is 45.0 Å². The second-order valence-corrected chi connectivity index (χ2v) is 12.1. The molecule has 11 heteroatoms.